The zero-order valence-electron chi connectivity index (χ0n) is 10.3. The number of rotatable bonds is 2. The summed E-state index contributed by atoms with van der Waals surface area (Å²) < 4.78 is 9.44. The average Bonchev–Trinajstić information content (AvgIpc) is 2.63. The Morgan fingerprint density at radius 3 is 2.53 bits per heavy atom. The second-order valence-electron chi connectivity index (χ2n) is 4.86. The molecular weight excluding hydrogens is 226 g/mol. The highest BCUT2D eigenvalue weighted by atomic mass is 16.6. The van der Waals surface area contributed by atoms with Gasteiger partial charge in [0, 0.05) is 6.54 Å². The fourth-order valence-corrected chi connectivity index (χ4v) is 1.68. The topological polar surface area (TPSA) is 72.9 Å². The van der Waals surface area contributed by atoms with Crippen LogP contribution in [0.1, 0.15) is 33.6 Å². The van der Waals surface area contributed by atoms with E-state index in [4.69, 9.17) is 4.74 Å². The van der Waals surface area contributed by atoms with E-state index in [0.29, 0.717) is 19.4 Å². The second kappa shape index (κ2) is 5.16. The molecule has 0 aromatic rings. The molecule has 0 bridgehead atoms. The molecule has 0 radical (unpaired) electrons. The lowest BCUT2D eigenvalue weighted by Crippen LogP contribution is -2.43. The fraction of sp³-hybridized carbons (Fsp3) is 0.727. The van der Waals surface area contributed by atoms with Crippen LogP contribution in [-0.4, -0.2) is 41.6 Å². The molecule has 6 heteroatoms. The molecule has 0 spiro atoms. The molecule has 6 nitrogen and oxygen atoms in total. The predicted molar refractivity (Wildman–Crippen MR) is 58.1 cm³/mol. The average molecular weight is 243 g/mol. The summed E-state index contributed by atoms with van der Waals surface area (Å²) in [4.78, 5) is 34.6. The van der Waals surface area contributed by atoms with Crippen molar-refractivity contribution in [2.75, 3.05) is 6.54 Å². The highest BCUT2D eigenvalue weighted by molar-refractivity contribution is 5.85. The van der Waals surface area contributed by atoms with Crippen molar-refractivity contribution in [2.45, 2.75) is 45.3 Å². The van der Waals surface area contributed by atoms with Gasteiger partial charge in [-0.05, 0) is 33.6 Å². The Balaban J connectivity index is 2.66. The van der Waals surface area contributed by atoms with E-state index >= 15 is 0 Å². The van der Waals surface area contributed by atoms with Gasteiger partial charge >= 0.3 is 18.5 Å². The number of carbonyl (C=O) groups excluding carboxylic acids is 3. The van der Waals surface area contributed by atoms with Crippen molar-refractivity contribution in [1.29, 1.82) is 0 Å². The summed E-state index contributed by atoms with van der Waals surface area (Å²) in [6.07, 6.45) is 0.631. The first-order valence-electron chi connectivity index (χ1n) is 5.49. The smallest absolute Gasteiger partial charge is 0.411 e. The monoisotopic (exact) mass is 243 g/mol. The minimum Gasteiger partial charge on any atom is -0.444 e. The molecule has 0 aromatic heterocycles. The number of likely N-dealkylation sites (tertiary alicyclic amines) is 1. The summed E-state index contributed by atoms with van der Waals surface area (Å²) in [5.74, 6) is -0.705. The normalized spacial score (nSPS) is 19.9. The Kier molecular flexibility index (Phi) is 4.09. The molecule has 1 fully saturated rings. The van der Waals surface area contributed by atoms with Crippen LogP contribution in [0.4, 0.5) is 4.79 Å². The third-order valence-corrected chi connectivity index (χ3v) is 2.32. The van der Waals surface area contributed by atoms with Crippen molar-refractivity contribution in [1.82, 2.24) is 4.90 Å². The Labute approximate surface area is 99.9 Å². The number of carbonyl (C=O) groups is 3. The Bertz CT molecular complexity index is 320. The highest BCUT2D eigenvalue weighted by Crippen LogP contribution is 2.21. The number of esters is 1. The lowest BCUT2D eigenvalue weighted by atomic mass is 10.2. The number of nitrogens with zero attached hydrogens (tertiary/aromatic N) is 1. The van der Waals surface area contributed by atoms with Gasteiger partial charge in [0.15, 0.2) is 0 Å². The van der Waals surface area contributed by atoms with Gasteiger partial charge in [-0.3, -0.25) is 9.69 Å². The lowest BCUT2D eigenvalue weighted by molar-refractivity contribution is -0.155. The van der Waals surface area contributed by atoms with E-state index in [1.807, 2.05) is 0 Å². The summed E-state index contributed by atoms with van der Waals surface area (Å²) in [5.41, 5.74) is -0.612. The molecule has 1 aliphatic heterocycles. The van der Waals surface area contributed by atoms with Crippen LogP contribution in [0.15, 0.2) is 0 Å². The molecule has 17 heavy (non-hydrogen) atoms. The first-order chi connectivity index (χ1) is 7.85. The van der Waals surface area contributed by atoms with E-state index in [1.54, 1.807) is 20.8 Å². The molecular formula is C11H17NO5. The fourth-order valence-electron chi connectivity index (χ4n) is 1.68. The maximum Gasteiger partial charge on any atom is 0.411 e. The van der Waals surface area contributed by atoms with E-state index in [1.165, 1.54) is 4.90 Å². The summed E-state index contributed by atoms with van der Waals surface area (Å²) >= 11 is 0. The molecule has 0 unspecified atom stereocenters. The second-order valence-corrected chi connectivity index (χ2v) is 4.86. The quantitative estimate of drug-likeness (QED) is 0.412. The molecule has 1 rings (SSSR count). The van der Waals surface area contributed by atoms with Crippen molar-refractivity contribution in [3.8, 4) is 0 Å². The Morgan fingerprint density at radius 2 is 2.00 bits per heavy atom. The zero-order valence-corrected chi connectivity index (χ0v) is 10.3. The minimum absolute atomic E-state index is 0.0773. The van der Waals surface area contributed by atoms with Gasteiger partial charge in [-0.25, -0.2) is 9.59 Å². The summed E-state index contributed by atoms with van der Waals surface area (Å²) in [5, 5.41) is 0. The minimum atomic E-state index is -0.713. The third kappa shape index (κ3) is 3.72. The molecule has 0 aliphatic carbocycles. The van der Waals surface area contributed by atoms with Gasteiger partial charge in [0.25, 0.3) is 0 Å². The van der Waals surface area contributed by atoms with E-state index in [0.717, 1.165) is 0 Å². The largest absolute Gasteiger partial charge is 0.444 e. The van der Waals surface area contributed by atoms with Crippen LogP contribution in [0.2, 0.25) is 0 Å². The van der Waals surface area contributed by atoms with Gasteiger partial charge in [0.1, 0.15) is 11.6 Å². The summed E-state index contributed by atoms with van der Waals surface area (Å²) in [7, 11) is 0. The maximum atomic E-state index is 11.8. The van der Waals surface area contributed by atoms with E-state index in [2.05, 4.69) is 4.74 Å². The van der Waals surface area contributed by atoms with Crippen molar-refractivity contribution < 1.29 is 23.9 Å². The van der Waals surface area contributed by atoms with Crippen LogP contribution < -0.4 is 0 Å². The lowest BCUT2D eigenvalue weighted by Gasteiger charge is -2.27. The first kappa shape index (κ1) is 13.5. The standard InChI is InChI=1S/C11H17NO5/c1-11(2,3)17-10(15)12-6-4-5-8(12)9(14)16-7-13/h7-8H,4-6H2,1-3H3/t8-/m0/s1. The van der Waals surface area contributed by atoms with Crippen LogP contribution in [-0.2, 0) is 19.1 Å². The molecule has 0 N–H and O–H groups in total. The highest BCUT2D eigenvalue weighted by Gasteiger charge is 2.37. The van der Waals surface area contributed by atoms with Gasteiger partial charge in [0.05, 0.1) is 0 Å². The zero-order chi connectivity index (χ0) is 13.1. The summed E-state index contributed by atoms with van der Waals surface area (Å²) in [6.45, 7) is 5.76. The van der Waals surface area contributed by atoms with Gasteiger partial charge in [-0.1, -0.05) is 0 Å². The van der Waals surface area contributed by atoms with Crippen LogP contribution >= 0.6 is 0 Å². The SMILES string of the molecule is CC(C)(C)OC(=O)N1CCC[C@H]1C(=O)OC=O. The molecule has 1 heterocycles. The number of hydrogen-bond donors (Lipinski definition) is 0. The molecule has 0 saturated carbocycles. The number of ether oxygens (including phenoxy) is 2. The van der Waals surface area contributed by atoms with Crippen molar-refractivity contribution in [2.24, 2.45) is 0 Å². The van der Waals surface area contributed by atoms with Crippen molar-refractivity contribution in [3.63, 3.8) is 0 Å². The molecule has 1 aliphatic rings. The molecule has 0 aromatic carbocycles. The van der Waals surface area contributed by atoms with E-state index in [-0.39, 0.29) is 6.47 Å². The van der Waals surface area contributed by atoms with E-state index < -0.39 is 23.7 Å². The molecule has 1 atom stereocenters. The van der Waals surface area contributed by atoms with Gasteiger partial charge < -0.3 is 9.47 Å². The third-order valence-electron chi connectivity index (χ3n) is 2.32. The van der Waals surface area contributed by atoms with Crippen LogP contribution in [0.3, 0.4) is 0 Å². The number of hydrogen-bond acceptors (Lipinski definition) is 5. The molecule has 1 amide bonds. The maximum absolute atomic E-state index is 11.8. The summed E-state index contributed by atoms with van der Waals surface area (Å²) in [6, 6.07) is -0.713. The molecule has 1 saturated heterocycles. The van der Waals surface area contributed by atoms with Crippen LogP contribution in [0, 0.1) is 0 Å². The van der Waals surface area contributed by atoms with Crippen molar-refractivity contribution >= 4 is 18.5 Å². The Morgan fingerprint density at radius 1 is 1.35 bits per heavy atom. The van der Waals surface area contributed by atoms with Gasteiger partial charge in [-0.15, -0.1) is 0 Å². The van der Waals surface area contributed by atoms with Crippen molar-refractivity contribution in [3.05, 3.63) is 0 Å². The van der Waals surface area contributed by atoms with Crippen LogP contribution in [0.5, 0.6) is 0 Å². The van der Waals surface area contributed by atoms with Gasteiger partial charge in [0.2, 0.25) is 0 Å². The number of amides is 1. The predicted octanol–water partition coefficient (Wildman–Crippen LogP) is 1.09. The first-order valence-corrected chi connectivity index (χ1v) is 5.49. The Hall–Kier alpha value is -1.59. The van der Waals surface area contributed by atoms with Gasteiger partial charge in [-0.2, -0.15) is 0 Å². The van der Waals surface area contributed by atoms with E-state index in [9.17, 15) is 14.4 Å². The molecule has 96 valence electrons. The van der Waals surface area contributed by atoms with Crippen LogP contribution in [0.25, 0.3) is 0 Å².